The number of rotatable bonds is 6. The summed E-state index contributed by atoms with van der Waals surface area (Å²) in [5, 5.41) is 1.31. The second kappa shape index (κ2) is 7.36. The van der Waals surface area contributed by atoms with Crippen LogP contribution in [-0.2, 0) is 12.3 Å². The van der Waals surface area contributed by atoms with Crippen LogP contribution in [0.3, 0.4) is 0 Å². The smallest absolute Gasteiger partial charge is 0.262 e. The molecule has 0 unspecified atom stereocenters. The van der Waals surface area contributed by atoms with Crippen molar-refractivity contribution in [3.8, 4) is 5.75 Å². The maximum absolute atomic E-state index is 12.7. The van der Waals surface area contributed by atoms with Gasteiger partial charge in [0.1, 0.15) is 5.75 Å². The minimum absolute atomic E-state index is 0.0389. The van der Waals surface area contributed by atoms with E-state index in [9.17, 15) is 4.79 Å². The lowest BCUT2D eigenvalue weighted by Crippen LogP contribution is -2.22. The van der Waals surface area contributed by atoms with Crippen molar-refractivity contribution in [2.24, 2.45) is 0 Å². The van der Waals surface area contributed by atoms with Gasteiger partial charge in [0.15, 0.2) is 5.16 Å². The second-order valence-corrected chi connectivity index (χ2v) is 6.16. The summed E-state index contributed by atoms with van der Waals surface area (Å²) in [6.45, 7) is 4.18. The zero-order valence-electron chi connectivity index (χ0n) is 13.4. The molecule has 0 fully saturated rings. The van der Waals surface area contributed by atoms with Crippen LogP contribution in [0.15, 0.2) is 71.1 Å². The topological polar surface area (TPSA) is 44.1 Å². The molecule has 3 aromatic rings. The summed E-state index contributed by atoms with van der Waals surface area (Å²) in [6.07, 6.45) is 1.71. The Hall–Kier alpha value is -2.53. The summed E-state index contributed by atoms with van der Waals surface area (Å²) in [4.78, 5) is 17.4. The Morgan fingerprint density at radius 2 is 1.96 bits per heavy atom. The quantitative estimate of drug-likeness (QED) is 0.389. The van der Waals surface area contributed by atoms with Crippen LogP contribution < -0.4 is 10.3 Å². The number of nitrogens with zero attached hydrogens (tertiary/aromatic N) is 2. The molecule has 0 aliphatic rings. The SMILES string of the molecule is C=CCn1c(SCc2ccccc2OC)nc2ccccc2c1=O. The number of fused-ring (bicyclic) bond motifs is 1. The van der Waals surface area contributed by atoms with Gasteiger partial charge in [0.05, 0.1) is 18.0 Å². The number of allylic oxidation sites excluding steroid dienone is 1. The van der Waals surface area contributed by atoms with Crippen LogP contribution in [0, 0.1) is 0 Å². The summed E-state index contributed by atoms with van der Waals surface area (Å²) in [5.41, 5.74) is 1.74. The van der Waals surface area contributed by atoms with Crippen LogP contribution in [0.5, 0.6) is 5.75 Å². The fraction of sp³-hybridized carbons (Fsp3) is 0.158. The predicted octanol–water partition coefficient (Wildman–Crippen LogP) is 3.88. The lowest BCUT2D eigenvalue weighted by molar-refractivity contribution is 0.411. The fourth-order valence-corrected chi connectivity index (χ4v) is 3.51. The van der Waals surface area contributed by atoms with Gasteiger partial charge >= 0.3 is 0 Å². The van der Waals surface area contributed by atoms with Crippen LogP contribution in [0.1, 0.15) is 5.56 Å². The minimum atomic E-state index is -0.0389. The Morgan fingerprint density at radius 3 is 2.75 bits per heavy atom. The van der Waals surface area contributed by atoms with Crippen molar-refractivity contribution in [3.05, 3.63) is 77.1 Å². The first-order chi connectivity index (χ1) is 11.7. The van der Waals surface area contributed by atoms with E-state index in [1.165, 1.54) is 11.8 Å². The molecule has 4 nitrogen and oxygen atoms in total. The Bertz CT molecular complexity index is 934. The Morgan fingerprint density at radius 1 is 1.21 bits per heavy atom. The molecule has 0 saturated carbocycles. The predicted molar refractivity (Wildman–Crippen MR) is 98.8 cm³/mol. The number of hydrogen-bond acceptors (Lipinski definition) is 4. The molecule has 2 aromatic carbocycles. The summed E-state index contributed by atoms with van der Waals surface area (Å²) >= 11 is 1.52. The highest BCUT2D eigenvalue weighted by Gasteiger charge is 2.11. The lowest BCUT2D eigenvalue weighted by atomic mass is 10.2. The van der Waals surface area contributed by atoms with Gasteiger partial charge in [-0.15, -0.1) is 6.58 Å². The molecule has 0 amide bonds. The van der Waals surface area contributed by atoms with Crippen molar-refractivity contribution in [3.63, 3.8) is 0 Å². The van der Waals surface area contributed by atoms with Crippen molar-refractivity contribution >= 4 is 22.7 Å². The Kier molecular flexibility index (Phi) is 5.01. The molecular formula is C19H18N2O2S. The van der Waals surface area contributed by atoms with Crippen LogP contribution in [0.2, 0.25) is 0 Å². The van der Waals surface area contributed by atoms with Crippen LogP contribution >= 0.6 is 11.8 Å². The van der Waals surface area contributed by atoms with Gasteiger partial charge in [-0.3, -0.25) is 9.36 Å². The standard InChI is InChI=1S/C19H18N2O2S/c1-3-12-21-18(22)15-9-5-6-10-16(15)20-19(21)24-13-14-8-4-7-11-17(14)23-2/h3-11H,1,12-13H2,2H3. The molecule has 0 aliphatic carbocycles. The molecule has 0 saturated heterocycles. The minimum Gasteiger partial charge on any atom is -0.496 e. The van der Waals surface area contributed by atoms with Crippen molar-refractivity contribution in [2.75, 3.05) is 7.11 Å². The fourth-order valence-electron chi connectivity index (χ4n) is 2.51. The van der Waals surface area contributed by atoms with Gasteiger partial charge in [0.25, 0.3) is 5.56 Å². The van der Waals surface area contributed by atoms with Gasteiger partial charge in [-0.2, -0.15) is 0 Å². The van der Waals surface area contributed by atoms with Crippen LogP contribution in [0.4, 0.5) is 0 Å². The highest BCUT2D eigenvalue weighted by atomic mass is 32.2. The van der Waals surface area contributed by atoms with E-state index in [0.717, 1.165) is 11.3 Å². The van der Waals surface area contributed by atoms with Gasteiger partial charge in [0.2, 0.25) is 0 Å². The zero-order chi connectivity index (χ0) is 16.9. The molecule has 122 valence electrons. The first-order valence-electron chi connectivity index (χ1n) is 7.59. The van der Waals surface area contributed by atoms with Gasteiger partial charge in [-0.25, -0.2) is 4.98 Å². The van der Waals surface area contributed by atoms with Crippen molar-refractivity contribution in [2.45, 2.75) is 17.5 Å². The molecule has 0 N–H and O–H groups in total. The number of thioether (sulfide) groups is 1. The summed E-state index contributed by atoms with van der Waals surface area (Å²) < 4.78 is 7.05. The first kappa shape index (κ1) is 16.3. The van der Waals surface area contributed by atoms with Crippen molar-refractivity contribution < 1.29 is 4.74 Å². The Balaban J connectivity index is 2.00. The zero-order valence-corrected chi connectivity index (χ0v) is 14.3. The van der Waals surface area contributed by atoms with E-state index in [0.29, 0.717) is 28.4 Å². The molecule has 0 spiro atoms. The molecule has 0 bridgehead atoms. The summed E-state index contributed by atoms with van der Waals surface area (Å²) in [6, 6.07) is 15.3. The maximum atomic E-state index is 12.7. The number of methoxy groups -OCH3 is 1. The molecular weight excluding hydrogens is 320 g/mol. The lowest BCUT2D eigenvalue weighted by Gasteiger charge is -2.12. The molecule has 1 heterocycles. The van der Waals surface area contributed by atoms with E-state index in [2.05, 4.69) is 11.6 Å². The van der Waals surface area contributed by atoms with Crippen LogP contribution in [-0.4, -0.2) is 16.7 Å². The molecule has 3 rings (SSSR count). The number of ether oxygens (including phenoxy) is 1. The van der Waals surface area contributed by atoms with Gasteiger partial charge in [-0.05, 0) is 18.2 Å². The third kappa shape index (κ3) is 3.21. The molecule has 0 radical (unpaired) electrons. The highest BCUT2D eigenvalue weighted by molar-refractivity contribution is 7.98. The average molecular weight is 338 g/mol. The monoisotopic (exact) mass is 338 g/mol. The van der Waals surface area contributed by atoms with Gasteiger partial charge in [-0.1, -0.05) is 48.2 Å². The average Bonchev–Trinajstić information content (AvgIpc) is 2.63. The van der Waals surface area contributed by atoms with Crippen molar-refractivity contribution in [1.82, 2.24) is 9.55 Å². The molecule has 0 atom stereocenters. The Labute approximate surface area is 144 Å². The normalized spacial score (nSPS) is 10.7. The van der Waals surface area contributed by atoms with E-state index in [1.54, 1.807) is 23.8 Å². The second-order valence-electron chi connectivity index (χ2n) is 5.22. The van der Waals surface area contributed by atoms with E-state index < -0.39 is 0 Å². The summed E-state index contributed by atoms with van der Waals surface area (Å²) in [7, 11) is 1.66. The largest absolute Gasteiger partial charge is 0.496 e. The molecule has 0 aliphatic heterocycles. The molecule has 1 aromatic heterocycles. The van der Waals surface area contributed by atoms with E-state index in [-0.39, 0.29) is 5.56 Å². The number of hydrogen-bond donors (Lipinski definition) is 0. The van der Waals surface area contributed by atoms with E-state index in [4.69, 9.17) is 4.74 Å². The number of aromatic nitrogens is 2. The van der Waals surface area contributed by atoms with E-state index in [1.807, 2.05) is 42.5 Å². The summed E-state index contributed by atoms with van der Waals surface area (Å²) in [5.74, 6) is 1.51. The van der Waals surface area contributed by atoms with E-state index >= 15 is 0 Å². The highest BCUT2D eigenvalue weighted by Crippen LogP contribution is 2.27. The first-order valence-corrected chi connectivity index (χ1v) is 8.58. The third-order valence-corrected chi connectivity index (χ3v) is 4.71. The molecule has 5 heteroatoms. The number of para-hydroxylation sites is 2. The van der Waals surface area contributed by atoms with Crippen LogP contribution in [0.25, 0.3) is 10.9 Å². The number of benzene rings is 2. The van der Waals surface area contributed by atoms with Gasteiger partial charge < -0.3 is 4.74 Å². The maximum Gasteiger partial charge on any atom is 0.262 e. The third-order valence-electron chi connectivity index (χ3n) is 3.69. The molecule has 24 heavy (non-hydrogen) atoms. The van der Waals surface area contributed by atoms with Crippen molar-refractivity contribution in [1.29, 1.82) is 0 Å². The van der Waals surface area contributed by atoms with Gasteiger partial charge in [0, 0.05) is 17.9 Å².